The van der Waals surface area contributed by atoms with Crippen molar-refractivity contribution in [2.24, 2.45) is 0 Å². The third-order valence-corrected chi connectivity index (χ3v) is 3.87. The summed E-state index contributed by atoms with van der Waals surface area (Å²) in [6, 6.07) is 9.52. The molecule has 0 fully saturated rings. The molecule has 2 rings (SSSR count). The van der Waals surface area contributed by atoms with Crippen molar-refractivity contribution in [2.45, 2.75) is 19.9 Å². The maximum absolute atomic E-state index is 12.3. The lowest BCUT2D eigenvalue weighted by Gasteiger charge is -2.10. The molecule has 0 aliphatic heterocycles. The number of rotatable bonds is 8. The van der Waals surface area contributed by atoms with Crippen LogP contribution in [0.1, 0.15) is 38.3 Å². The van der Waals surface area contributed by atoms with Crippen molar-refractivity contribution in [3.05, 3.63) is 65.0 Å². The van der Waals surface area contributed by atoms with Crippen molar-refractivity contribution < 1.29 is 9.59 Å². The first-order valence-electron chi connectivity index (χ1n) is 8.67. The number of hydrogen-bond donors (Lipinski definition) is 2. The van der Waals surface area contributed by atoms with Crippen LogP contribution in [-0.2, 0) is 6.54 Å². The molecule has 0 aliphatic rings. The van der Waals surface area contributed by atoms with E-state index in [-0.39, 0.29) is 11.8 Å². The third-order valence-electron chi connectivity index (χ3n) is 3.87. The Balaban J connectivity index is 1.90. The fourth-order valence-corrected chi connectivity index (χ4v) is 2.49. The fourth-order valence-electron chi connectivity index (χ4n) is 2.49. The van der Waals surface area contributed by atoms with Crippen LogP contribution < -0.4 is 10.6 Å². The average Bonchev–Trinajstić information content (AvgIpc) is 2.63. The Labute approximate surface area is 154 Å². The Kier molecular flexibility index (Phi) is 7.29. The predicted octanol–water partition coefficient (Wildman–Crippen LogP) is 2.00. The van der Waals surface area contributed by atoms with Gasteiger partial charge < -0.3 is 15.5 Å². The molecule has 0 saturated carbocycles. The van der Waals surface area contributed by atoms with Crippen LogP contribution in [0.15, 0.2) is 42.7 Å². The van der Waals surface area contributed by atoms with Gasteiger partial charge in [-0.1, -0.05) is 29.8 Å². The smallest absolute Gasteiger partial charge is 0.253 e. The van der Waals surface area contributed by atoms with Gasteiger partial charge in [0, 0.05) is 25.5 Å². The van der Waals surface area contributed by atoms with Crippen LogP contribution in [0.3, 0.4) is 0 Å². The van der Waals surface area contributed by atoms with Gasteiger partial charge in [-0.05, 0) is 45.6 Å². The number of nitrogens with one attached hydrogen (secondary N) is 2. The number of carbonyl (C=O) groups excluding carboxylic acids is 2. The van der Waals surface area contributed by atoms with Gasteiger partial charge in [-0.25, -0.2) is 0 Å². The van der Waals surface area contributed by atoms with Gasteiger partial charge >= 0.3 is 0 Å². The number of nitrogens with zero attached hydrogens (tertiary/aromatic N) is 2. The molecule has 6 nitrogen and oxygen atoms in total. The molecule has 0 unspecified atom stereocenters. The molecular formula is C20H26N4O2. The monoisotopic (exact) mass is 354 g/mol. The molecule has 1 aromatic carbocycles. The number of pyridine rings is 1. The maximum Gasteiger partial charge on any atom is 0.253 e. The van der Waals surface area contributed by atoms with E-state index in [1.54, 1.807) is 6.07 Å². The number of aromatic nitrogens is 1. The Morgan fingerprint density at radius 1 is 1.04 bits per heavy atom. The SMILES string of the molecule is Cc1cccc(CNC(=O)c2cncc(C(=O)NCCCN(C)C)c2)c1. The zero-order valence-corrected chi connectivity index (χ0v) is 15.6. The van der Waals surface area contributed by atoms with E-state index in [1.165, 1.54) is 12.4 Å². The van der Waals surface area contributed by atoms with E-state index in [9.17, 15) is 9.59 Å². The van der Waals surface area contributed by atoms with Gasteiger partial charge in [0.25, 0.3) is 11.8 Å². The van der Waals surface area contributed by atoms with E-state index in [1.807, 2.05) is 45.3 Å². The zero-order chi connectivity index (χ0) is 18.9. The minimum atomic E-state index is -0.249. The lowest BCUT2D eigenvalue weighted by Crippen LogP contribution is -2.28. The van der Waals surface area contributed by atoms with Gasteiger partial charge in [0.05, 0.1) is 11.1 Å². The number of hydrogen-bond acceptors (Lipinski definition) is 4. The fraction of sp³-hybridized carbons (Fsp3) is 0.350. The molecule has 26 heavy (non-hydrogen) atoms. The summed E-state index contributed by atoms with van der Waals surface area (Å²) in [4.78, 5) is 30.6. The van der Waals surface area contributed by atoms with E-state index < -0.39 is 0 Å². The van der Waals surface area contributed by atoms with Crippen molar-refractivity contribution in [3.8, 4) is 0 Å². The van der Waals surface area contributed by atoms with Crippen LogP contribution in [-0.4, -0.2) is 48.9 Å². The molecule has 138 valence electrons. The standard InChI is InChI=1S/C20H26N4O2/c1-15-6-4-7-16(10-15)12-23-20(26)18-11-17(13-21-14-18)19(25)22-8-5-9-24(2)3/h4,6-7,10-11,13-14H,5,8-9,12H2,1-3H3,(H,22,25)(H,23,26). The number of benzene rings is 1. The van der Waals surface area contributed by atoms with E-state index in [2.05, 4.69) is 20.5 Å². The second kappa shape index (κ2) is 9.68. The van der Waals surface area contributed by atoms with Crippen LogP contribution in [0.25, 0.3) is 0 Å². The highest BCUT2D eigenvalue weighted by Gasteiger charge is 2.11. The molecule has 6 heteroatoms. The molecular weight excluding hydrogens is 328 g/mol. The highest BCUT2D eigenvalue weighted by Crippen LogP contribution is 2.06. The largest absolute Gasteiger partial charge is 0.352 e. The van der Waals surface area contributed by atoms with E-state index >= 15 is 0 Å². The van der Waals surface area contributed by atoms with Crippen molar-refractivity contribution in [1.82, 2.24) is 20.5 Å². The van der Waals surface area contributed by atoms with Gasteiger partial charge in [0.2, 0.25) is 0 Å². The van der Waals surface area contributed by atoms with Crippen molar-refractivity contribution in [2.75, 3.05) is 27.2 Å². The van der Waals surface area contributed by atoms with Gasteiger partial charge in [0.15, 0.2) is 0 Å². The molecule has 2 aromatic rings. The van der Waals surface area contributed by atoms with Crippen LogP contribution in [0.4, 0.5) is 0 Å². The first-order valence-corrected chi connectivity index (χ1v) is 8.67. The van der Waals surface area contributed by atoms with Gasteiger partial charge in [-0.3, -0.25) is 14.6 Å². The summed E-state index contributed by atoms with van der Waals surface area (Å²) in [5.41, 5.74) is 2.93. The van der Waals surface area contributed by atoms with Crippen LogP contribution in [0.5, 0.6) is 0 Å². The predicted molar refractivity (Wildman–Crippen MR) is 102 cm³/mol. The van der Waals surface area contributed by atoms with Crippen molar-refractivity contribution in [3.63, 3.8) is 0 Å². The van der Waals surface area contributed by atoms with Crippen LogP contribution in [0, 0.1) is 6.92 Å². The summed E-state index contributed by atoms with van der Waals surface area (Å²) in [6.45, 7) is 3.93. The molecule has 1 heterocycles. The summed E-state index contributed by atoms with van der Waals surface area (Å²) in [7, 11) is 3.98. The highest BCUT2D eigenvalue weighted by atomic mass is 16.2. The molecule has 0 saturated heterocycles. The second-order valence-electron chi connectivity index (χ2n) is 6.55. The third kappa shape index (κ3) is 6.29. The second-order valence-corrected chi connectivity index (χ2v) is 6.55. The average molecular weight is 354 g/mol. The molecule has 0 aliphatic carbocycles. The van der Waals surface area contributed by atoms with E-state index in [0.29, 0.717) is 24.2 Å². The quantitative estimate of drug-likeness (QED) is 0.711. The molecule has 2 amide bonds. The minimum absolute atomic E-state index is 0.218. The minimum Gasteiger partial charge on any atom is -0.352 e. The van der Waals surface area contributed by atoms with Crippen LogP contribution in [0.2, 0.25) is 0 Å². The zero-order valence-electron chi connectivity index (χ0n) is 15.6. The molecule has 0 bridgehead atoms. The van der Waals surface area contributed by atoms with Gasteiger partial charge in [0.1, 0.15) is 0 Å². The Morgan fingerprint density at radius 3 is 2.38 bits per heavy atom. The number of carbonyl (C=O) groups is 2. The Morgan fingerprint density at radius 2 is 1.73 bits per heavy atom. The number of amides is 2. The lowest BCUT2D eigenvalue weighted by molar-refractivity contribution is 0.0950. The van der Waals surface area contributed by atoms with Gasteiger partial charge in [-0.2, -0.15) is 0 Å². The lowest BCUT2D eigenvalue weighted by atomic mass is 10.1. The van der Waals surface area contributed by atoms with Gasteiger partial charge in [-0.15, -0.1) is 0 Å². The van der Waals surface area contributed by atoms with Crippen LogP contribution >= 0.6 is 0 Å². The Hall–Kier alpha value is -2.73. The van der Waals surface area contributed by atoms with Crippen molar-refractivity contribution in [1.29, 1.82) is 0 Å². The molecule has 0 spiro atoms. The van der Waals surface area contributed by atoms with E-state index in [4.69, 9.17) is 0 Å². The summed E-state index contributed by atoms with van der Waals surface area (Å²) < 4.78 is 0. The maximum atomic E-state index is 12.3. The molecule has 0 radical (unpaired) electrons. The molecule has 0 atom stereocenters. The first-order chi connectivity index (χ1) is 12.5. The summed E-state index contributed by atoms with van der Waals surface area (Å²) in [6.07, 6.45) is 3.80. The van der Waals surface area contributed by atoms with E-state index in [0.717, 1.165) is 24.1 Å². The normalized spacial score (nSPS) is 10.6. The highest BCUT2D eigenvalue weighted by molar-refractivity contribution is 5.99. The topological polar surface area (TPSA) is 74.3 Å². The Bertz CT molecular complexity index is 759. The summed E-state index contributed by atoms with van der Waals surface area (Å²) >= 11 is 0. The molecule has 1 aromatic heterocycles. The number of aryl methyl sites for hydroxylation is 1. The first kappa shape index (κ1) is 19.6. The summed E-state index contributed by atoms with van der Waals surface area (Å²) in [5, 5.41) is 5.70. The van der Waals surface area contributed by atoms with Crippen molar-refractivity contribution >= 4 is 11.8 Å². The summed E-state index contributed by atoms with van der Waals surface area (Å²) in [5.74, 6) is -0.467. The molecule has 2 N–H and O–H groups in total.